The summed E-state index contributed by atoms with van der Waals surface area (Å²) in [5.41, 5.74) is -16.0. The maximum atomic E-state index is 15.0. The molecule has 0 rings (SSSR count). The van der Waals surface area contributed by atoms with Gasteiger partial charge in [-0.15, -0.1) is 0 Å². The fourth-order valence-electron chi connectivity index (χ4n) is 2.93. The van der Waals surface area contributed by atoms with Gasteiger partial charge in [0.1, 0.15) is 13.2 Å². The molecular weight excluding hydrogens is 651 g/mol. The van der Waals surface area contributed by atoms with Crippen molar-refractivity contribution in [3.8, 4) is 0 Å². The van der Waals surface area contributed by atoms with Gasteiger partial charge in [-0.25, -0.2) is 22.8 Å². The van der Waals surface area contributed by atoms with Crippen LogP contribution in [0, 0.1) is 0 Å². The van der Waals surface area contributed by atoms with Crippen molar-refractivity contribution in [3.05, 3.63) is 12.2 Å². The summed E-state index contributed by atoms with van der Waals surface area (Å²) in [6.45, 7) is 0.00144. The number of alkyl carbamates (subject to hydrolysis) is 1. The Morgan fingerprint density at radius 3 is 1.60 bits per heavy atom. The van der Waals surface area contributed by atoms with E-state index in [0.717, 1.165) is 0 Å². The molecule has 0 aliphatic heterocycles. The monoisotopic (exact) mass is 671 g/mol. The minimum atomic E-state index is -8.02. The third-order valence-corrected chi connectivity index (χ3v) is 4.78. The number of carbonyl (C=O) groups excluding carboxylic acids is 3. The molecule has 1 amide bonds. The summed E-state index contributed by atoms with van der Waals surface area (Å²) < 4.78 is 218. The zero-order valence-electron chi connectivity index (χ0n) is 21.3. The summed E-state index contributed by atoms with van der Waals surface area (Å²) in [5.74, 6) is -2.47. The van der Waals surface area contributed by atoms with Gasteiger partial charge < -0.3 is 24.3 Å². The maximum Gasteiger partial charge on any atom is 0.429 e. The molecule has 252 valence electrons. The highest BCUT2D eigenvalue weighted by molar-refractivity contribution is 5.86. The average molecular weight is 671 g/mol. The van der Waals surface area contributed by atoms with Crippen molar-refractivity contribution in [1.29, 1.82) is 0 Å². The molecular formula is C20H20F15NO7. The lowest BCUT2D eigenvalue weighted by molar-refractivity contribution is -0.419. The summed E-state index contributed by atoms with van der Waals surface area (Å²) >= 11 is 0. The van der Waals surface area contributed by atoms with Gasteiger partial charge in [-0.1, -0.05) is 6.58 Å². The zero-order valence-corrected chi connectivity index (χ0v) is 21.3. The third-order valence-electron chi connectivity index (χ3n) is 4.78. The molecule has 0 aromatic heterocycles. The lowest BCUT2D eigenvalue weighted by atomic mass is 9.76. The predicted octanol–water partition coefficient (Wildman–Crippen LogP) is 5.15. The van der Waals surface area contributed by atoms with Crippen LogP contribution in [0.25, 0.3) is 0 Å². The van der Waals surface area contributed by atoms with Crippen LogP contribution in [0.1, 0.15) is 13.8 Å². The van der Waals surface area contributed by atoms with Gasteiger partial charge in [-0.05, 0) is 6.92 Å². The number of rotatable bonds is 13. The van der Waals surface area contributed by atoms with E-state index in [1.54, 1.807) is 0 Å². The minimum absolute atomic E-state index is 0.0625. The first kappa shape index (κ1) is 39.9. The smallest absolute Gasteiger partial charge is 0.429 e. The van der Waals surface area contributed by atoms with Crippen molar-refractivity contribution in [3.63, 3.8) is 0 Å². The standard InChI is InChI=1S/C20H20F15NO7/c1-8(2)11(38)40-5-4-36-14(39)42-7-10(43-9(3)37)6-41-13(18(27,28)29)16(23,20(33,34)35)15(22,19(30,31)32)12(21)17(24,25)26/h10,12-13H,1,4-7H2,2-3H3,(H,36,39). The fraction of sp³-hybridized carbons (Fsp3) is 0.750. The largest absolute Gasteiger partial charge is 0.460 e. The molecule has 5 unspecified atom stereocenters. The molecule has 0 spiro atoms. The minimum Gasteiger partial charge on any atom is -0.460 e. The summed E-state index contributed by atoms with van der Waals surface area (Å²) in [7, 11) is 0. The highest BCUT2D eigenvalue weighted by Crippen LogP contribution is 2.60. The molecule has 0 aliphatic rings. The lowest BCUT2D eigenvalue weighted by Crippen LogP contribution is -2.77. The molecule has 1 N–H and O–H groups in total. The Morgan fingerprint density at radius 2 is 1.23 bits per heavy atom. The zero-order chi connectivity index (χ0) is 34.4. The Bertz CT molecular complexity index is 995. The molecule has 8 nitrogen and oxygen atoms in total. The molecule has 0 aromatic rings. The second-order valence-electron chi connectivity index (χ2n) is 8.25. The van der Waals surface area contributed by atoms with Crippen LogP contribution >= 0.6 is 0 Å². The lowest BCUT2D eigenvalue weighted by Gasteiger charge is -2.46. The van der Waals surface area contributed by atoms with Gasteiger partial charge in [0.05, 0.1) is 13.2 Å². The predicted molar refractivity (Wildman–Crippen MR) is 107 cm³/mol. The first-order valence-corrected chi connectivity index (χ1v) is 10.9. The van der Waals surface area contributed by atoms with Crippen LogP contribution in [0.4, 0.5) is 70.7 Å². The Hall–Kier alpha value is -3.14. The number of hydrogen-bond donors (Lipinski definition) is 1. The van der Waals surface area contributed by atoms with Crippen LogP contribution in [0.3, 0.4) is 0 Å². The third kappa shape index (κ3) is 9.95. The number of amides is 1. The van der Waals surface area contributed by atoms with Crippen LogP contribution < -0.4 is 5.32 Å². The summed E-state index contributed by atoms with van der Waals surface area (Å²) in [6, 6.07) is 0. The number of hydrogen-bond acceptors (Lipinski definition) is 7. The van der Waals surface area contributed by atoms with Crippen molar-refractivity contribution in [2.24, 2.45) is 0 Å². The van der Waals surface area contributed by atoms with Crippen LogP contribution in [0.15, 0.2) is 12.2 Å². The molecule has 0 aliphatic carbocycles. The van der Waals surface area contributed by atoms with Crippen molar-refractivity contribution >= 4 is 18.0 Å². The average Bonchev–Trinajstić information content (AvgIpc) is 2.80. The van der Waals surface area contributed by atoms with Crippen molar-refractivity contribution < 1.29 is 99.2 Å². The molecule has 0 fully saturated rings. The highest BCUT2D eigenvalue weighted by Gasteiger charge is 2.90. The Balaban J connectivity index is 6.30. The summed E-state index contributed by atoms with van der Waals surface area (Å²) in [4.78, 5) is 34.0. The SMILES string of the molecule is C=C(C)C(=O)OCCNC(=O)OCC(COC(C(F)(F)F)C(F)(C(F)(F)F)C(F)(C(F)C(F)(F)F)C(F)(F)F)OC(C)=O. The van der Waals surface area contributed by atoms with Crippen molar-refractivity contribution in [2.45, 2.75) is 68.3 Å². The van der Waals surface area contributed by atoms with E-state index >= 15 is 4.39 Å². The van der Waals surface area contributed by atoms with Crippen LogP contribution in [-0.2, 0) is 28.5 Å². The first-order chi connectivity index (χ1) is 19.0. The van der Waals surface area contributed by atoms with E-state index in [4.69, 9.17) is 0 Å². The van der Waals surface area contributed by atoms with Gasteiger partial charge in [0, 0.05) is 12.5 Å². The summed E-state index contributed by atoms with van der Waals surface area (Å²) in [6.07, 6.45) is -47.0. The van der Waals surface area contributed by atoms with E-state index in [1.807, 2.05) is 5.32 Å². The fourth-order valence-corrected chi connectivity index (χ4v) is 2.93. The molecule has 0 bridgehead atoms. The van der Waals surface area contributed by atoms with Crippen LogP contribution in [0.2, 0.25) is 0 Å². The first-order valence-electron chi connectivity index (χ1n) is 10.9. The topological polar surface area (TPSA) is 100 Å². The summed E-state index contributed by atoms with van der Waals surface area (Å²) in [5, 5.41) is 1.82. The second-order valence-corrected chi connectivity index (χ2v) is 8.25. The quantitative estimate of drug-likeness (QED) is 0.0951. The van der Waals surface area contributed by atoms with Gasteiger partial charge >= 0.3 is 42.7 Å². The van der Waals surface area contributed by atoms with Gasteiger partial charge in [0.25, 0.3) is 11.3 Å². The van der Waals surface area contributed by atoms with E-state index < -0.39 is 98.8 Å². The molecule has 0 heterocycles. The number of carbonyl (C=O) groups is 3. The Morgan fingerprint density at radius 1 is 0.744 bits per heavy atom. The van der Waals surface area contributed by atoms with E-state index in [-0.39, 0.29) is 5.57 Å². The van der Waals surface area contributed by atoms with E-state index in [2.05, 4.69) is 25.5 Å². The number of alkyl halides is 15. The van der Waals surface area contributed by atoms with Gasteiger partial charge in [0.15, 0.2) is 12.2 Å². The number of nitrogens with one attached hydrogen (secondary N) is 1. The van der Waals surface area contributed by atoms with Crippen LogP contribution in [-0.4, -0.2) is 98.8 Å². The van der Waals surface area contributed by atoms with Gasteiger partial charge in [0.2, 0.25) is 6.17 Å². The molecule has 0 aromatic carbocycles. The number of esters is 2. The van der Waals surface area contributed by atoms with Crippen molar-refractivity contribution in [1.82, 2.24) is 5.32 Å². The van der Waals surface area contributed by atoms with E-state index in [1.165, 1.54) is 6.92 Å². The van der Waals surface area contributed by atoms with Gasteiger partial charge in [-0.3, -0.25) is 4.79 Å². The van der Waals surface area contributed by atoms with Crippen molar-refractivity contribution in [2.75, 3.05) is 26.4 Å². The molecule has 0 radical (unpaired) electrons. The number of halogens is 15. The second kappa shape index (κ2) is 14.1. The van der Waals surface area contributed by atoms with E-state index in [0.29, 0.717) is 6.92 Å². The molecule has 23 heteroatoms. The van der Waals surface area contributed by atoms with Gasteiger partial charge in [-0.2, -0.15) is 52.7 Å². The molecule has 0 saturated heterocycles. The Kier molecular flexibility index (Phi) is 13.1. The number of ether oxygens (including phenoxy) is 4. The highest BCUT2D eigenvalue weighted by atomic mass is 19.4. The normalized spacial score (nSPS) is 17.9. The molecule has 43 heavy (non-hydrogen) atoms. The van der Waals surface area contributed by atoms with E-state index in [9.17, 15) is 75.8 Å². The molecule has 5 atom stereocenters. The molecule has 0 saturated carbocycles. The van der Waals surface area contributed by atoms with Crippen LogP contribution in [0.5, 0.6) is 0 Å². The Labute approximate surface area is 230 Å². The maximum absolute atomic E-state index is 15.0.